The van der Waals surface area contributed by atoms with E-state index in [9.17, 15) is 0 Å². The van der Waals surface area contributed by atoms with E-state index in [-0.39, 0.29) is 6.04 Å². The molecule has 4 heteroatoms. The molecule has 0 aliphatic carbocycles. The second-order valence-electron chi connectivity index (χ2n) is 4.22. The zero-order chi connectivity index (χ0) is 12.3. The molecule has 0 radical (unpaired) electrons. The van der Waals surface area contributed by atoms with Crippen molar-refractivity contribution in [2.45, 2.75) is 26.3 Å². The lowest BCUT2D eigenvalue weighted by molar-refractivity contribution is 0.281. The average molecular weight is 231 g/mol. The number of hydrogen-bond donors (Lipinski definition) is 1. The van der Waals surface area contributed by atoms with E-state index in [0.717, 1.165) is 29.3 Å². The van der Waals surface area contributed by atoms with Crippen LogP contribution in [0.2, 0.25) is 0 Å². The molecule has 0 bridgehead atoms. The van der Waals surface area contributed by atoms with E-state index in [2.05, 4.69) is 21.4 Å². The van der Waals surface area contributed by atoms with Crippen LogP contribution in [0.5, 0.6) is 0 Å². The third kappa shape index (κ3) is 2.64. The maximum atomic E-state index is 5.30. The molecule has 90 valence electrons. The Labute approximate surface area is 101 Å². The summed E-state index contributed by atoms with van der Waals surface area (Å²) in [5.74, 6) is 1.69. The Bertz CT molecular complexity index is 463. The first kappa shape index (κ1) is 11.6. The summed E-state index contributed by atoms with van der Waals surface area (Å²) in [5, 5.41) is 3.17. The van der Waals surface area contributed by atoms with Crippen LogP contribution in [0.15, 0.2) is 35.3 Å². The number of nitrogens with one attached hydrogen (secondary N) is 1. The van der Waals surface area contributed by atoms with E-state index in [4.69, 9.17) is 4.74 Å². The van der Waals surface area contributed by atoms with Crippen molar-refractivity contribution < 1.29 is 4.74 Å². The van der Waals surface area contributed by atoms with Gasteiger partial charge in [0.15, 0.2) is 5.84 Å². The molecule has 1 aromatic rings. The fraction of sp³-hybridized carbons (Fsp3) is 0.385. The van der Waals surface area contributed by atoms with E-state index in [1.165, 1.54) is 0 Å². The second-order valence-corrected chi connectivity index (χ2v) is 4.22. The molecule has 1 aromatic heterocycles. The Hall–Kier alpha value is -1.84. The predicted octanol–water partition coefficient (Wildman–Crippen LogP) is 1.87. The van der Waals surface area contributed by atoms with Crippen molar-refractivity contribution in [3.63, 3.8) is 0 Å². The third-order valence-corrected chi connectivity index (χ3v) is 2.50. The number of methoxy groups -OCH3 is 1. The molecule has 0 atom stereocenters. The van der Waals surface area contributed by atoms with Gasteiger partial charge in [0.25, 0.3) is 0 Å². The fourth-order valence-corrected chi connectivity index (χ4v) is 1.74. The van der Waals surface area contributed by atoms with Crippen LogP contribution in [0.4, 0.5) is 0 Å². The monoisotopic (exact) mass is 231 g/mol. The van der Waals surface area contributed by atoms with Crippen LogP contribution in [0.3, 0.4) is 0 Å². The molecule has 17 heavy (non-hydrogen) atoms. The highest BCUT2D eigenvalue weighted by Gasteiger charge is 2.16. The van der Waals surface area contributed by atoms with E-state index < -0.39 is 0 Å². The maximum Gasteiger partial charge on any atom is 0.151 e. The summed E-state index contributed by atoms with van der Waals surface area (Å²) in [7, 11) is 1.67. The normalized spacial score (nSPS) is 17.2. The van der Waals surface area contributed by atoms with Gasteiger partial charge in [0.2, 0.25) is 0 Å². The van der Waals surface area contributed by atoms with Gasteiger partial charge in [-0.1, -0.05) is 6.07 Å². The number of aliphatic imine (C=N–C) groups is 1. The third-order valence-electron chi connectivity index (χ3n) is 2.50. The quantitative estimate of drug-likeness (QED) is 0.845. The molecular weight excluding hydrogens is 214 g/mol. The van der Waals surface area contributed by atoms with Crippen molar-refractivity contribution in [3.8, 4) is 0 Å². The first-order chi connectivity index (χ1) is 8.20. The molecule has 0 aromatic carbocycles. The summed E-state index contributed by atoms with van der Waals surface area (Å²) in [6.07, 6.45) is 4.38. The fourth-order valence-electron chi connectivity index (χ4n) is 1.74. The van der Waals surface area contributed by atoms with Crippen LogP contribution in [0.25, 0.3) is 0 Å². The zero-order valence-corrected chi connectivity index (χ0v) is 10.4. The van der Waals surface area contributed by atoms with Crippen molar-refractivity contribution in [1.82, 2.24) is 10.3 Å². The van der Waals surface area contributed by atoms with E-state index in [1.54, 1.807) is 13.3 Å². The molecule has 1 aliphatic rings. The van der Waals surface area contributed by atoms with Gasteiger partial charge >= 0.3 is 0 Å². The second kappa shape index (κ2) is 4.99. The Balaban J connectivity index is 2.46. The van der Waals surface area contributed by atoms with Gasteiger partial charge in [0, 0.05) is 24.9 Å². The van der Waals surface area contributed by atoms with Gasteiger partial charge < -0.3 is 10.1 Å². The average Bonchev–Trinajstić information content (AvgIpc) is 2.49. The number of ether oxygens (including phenoxy) is 1. The molecule has 1 aliphatic heterocycles. The summed E-state index contributed by atoms with van der Waals surface area (Å²) < 4.78 is 5.30. The topological polar surface area (TPSA) is 46.5 Å². The van der Waals surface area contributed by atoms with Crippen molar-refractivity contribution >= 4 is 5.84 Å². The summed E-state index contributed by atoms with van der Waals surface area (Å²) in [6, 6.07) is 4.22. The lowest BCUT2D eigenvalue weighted by Crippen LogP contribution is -2.21. The largest absolute Gasteiger partial charge is 0.499 e. The lowest BCUT2D eigenvalue weighted by atomic mass is 10.1. The Morgan fingerprint density at radius 1 is 1.47 bits per heavy atom. The van der Waals surface area contributed by atoms with Crippen LogP contribution in [-0.4, -0.2) is 24.0 Å². The molecule has 2 heterocycles. The Kier molecular flexibility index (Phi) is 3.42. The van der Waals surface area contributed by atoms with Gasteiger partial charge in [-0.3, -0.25) is 9.98 Å². The minimum atomic E-state index is 0.227. The highest BCUT2D eigenvalue weighted by atomic mass is 16.5. The van der Waals surface area contributed by atoms with Gasteiger partial charge in [-0.05, 0) is 25.5 Å². The zero-order valence-electron chi connectivity index (χ0n) is 10.4. The van der Waals surface area contributed by atoms with Gasteiger partial charge in [-0.15, -0.1) is 0 Å². The van der Waals surface area contributed by atoms with Crippen LogP contribution < -0.4 is 5.32 Å². The first-order valence-electron chi connectivity index (χ1n) is 5.72. The number of hydrogen-bond acceptors (Lipinski definition) is 3. The number of pyridine rings is 1. The summed E-state index contributed by atoms with van der Waals surface area (Å²) >= 11 is 0. The minimum absolute atomic E-state index is 0.227. The van der Waals surface area contributed by atoms with Crippen molar-refractivity contribution in [2.75, 3.05) is 7.11 Å². The highest BCUT2D eigenvalue weighted by Crippen LogP contribution is 2.15. The number of allylic oxidation sites excluding steroid dienone is 1. The molecule has 0 amide bonds. The SMILES string of the molecule is COC1=CNC(=NC(C)C)c2ncccc2C1. The molecule has 2 rings (SSSR count). The van der Waals surface area contributed by atoms with Crippen LogP contribution in [0.1, 0.15) is 25.1 Å². The molecule has 1 N–H and O–H groups in total. The molecule has 0 saturated carbocycles. The van der Waals surface area contributed by atoms with Crippen LogP contribution in [0, 0.1) is 0 Å². The van der Waals surface area contributed by atoms with Gasteiger partial charge in [-0.25, -0.2) is 0 Å². The predicted molar refractivity (Wildman–Crippen MR) is 67.8 cm³/mol. The molecule has 0 saturated heterocycles. The number of fused-ring (bicyclic) bond motifs is 1. The van der Waals surface area contributed by atoms with Gasteiger partial charge in [0.05, 0.1) is 7.11 Å². The van der Waals surface area contributed by atoms with Crippen molar-refractivity contribution in [2.24, 2.45) is 4.99 Å². The van der Waals surface area contributed by atoms with E-state index >= 15 is 0 Å². The number of aromatic nitrogens is 1. The van der Waals surface area contributed by atoms with E-state index in [0.29, 0.717) is 0 Å². The maximum absolute atomic E-state index is 5.30. The van der Waals surface area contributed by atoms with Gasteiger partial charge in [-0.2, -0.15) is 0 Å². The van der Waals surface area contributed by atoms with Crippen LogP contribution in [-0.2, 0) is 11.2 Å². The summed E-state index contributed by atoms with van der Waals surface area (Å²) in [6.45, 7) is 4.09. The number of rotatable bonds is 2. The molecule has 0 fully saturated rings. The Morgan fingerprint density at radius 2 is 2.29 bits per heavy atom. The van der Waals surface area contributed by atoms with Gasteiger partial charge in [0.1, 0.15) is 11.5 Å². The molecule has 0 unspecified atom stereocenters. The first-order valence-corrected chi connectivity index (χ1v) is 5.72. The lowest BCUT2D eigenvalue weighted by Gasteiger charge is -2.08. The highest BCUT2D eigenvalue weighted by molar-refractivity contribution is 5.99. The van der Waals surface area contributed by atoms with Crippen molar-refractivity contribution in [1.29, 1.82) is 0 Å². The number of amidine groups is 1. The molecule has 0 spiro atoms. The summed E-state index contributed by atoms with van der Waals surface area (Å²) in [4.78, 5) is 8.95. The summed E-state index contributed by atoms with van der Waals surface area (Å²) in [5.41, 5.74) is 2.04. The number of nitrogens with zero attached hydrogens (tertiary/aromatic N) is 2. The Morgan fingerprint density at radius 3 is 3.00 bits per heavy atom. The van der Waals surface area contributed by atoms with Crippen LogP contribution >= 0.6 is 0 Å². The minimum Gasteiger partial charge on any atom is -0.499 e. The standard InChI is InChI=1S/C13H17N3O/c1-9(2)16-13-12-10(5-4-6-14-12)7-11(17-3)8-15-13/h4-6,8-9H,7H2,1-3H3,(H,15,16). The molecule has 4 nitrogen and oxygen atoms in total. The van der Waals surface area contributed by atoms with E-state index in [1.807, 2.05) is 26.1 Å². The molecular formula is C13H17N3O. The van der Waals surface area contributed by atoms with Crippen molar-refractivity contribution in [3.05, 3.63) is 41.5 Å². The smallest absolute Gasteiger partial charge is 0.151 e.